The molecule has 0 aromatic heterocycles. The van der Waals surface area contributed by atoms with Crippen LogP contribution < -0.4 is 5.73 Å². The molecule has 0 saturated carbocycles. The van der Waals surface area contributed by atoms with Gasteiger partial charge in [0.25, 0.3) is 0 Å². The Bertz CT molecular complexity index is 168. The second-order valence-corrected chi connectivity index (χ2v) is 2.66. The van der Waals surface area contributed by atoms with Crippen molar-refractivity contribution in [2.75, 3.05) is 6.61 Å². The van der Waals surface area contributed by atoms with Crippen molar-refractivity contribution in [1.29, 1.82) is 0 Å². The highest BCUT2D eigenvalue weighted by molar-refractivity contribution is 7.32. The number of amides is 1. The summed E-state index contributed by atoms with van der Waals surface area (Å²) in [5.74, 6) is -0.435. The number of hydrogen-bond acceptors (Lipinski definition) is 3. The summed E-state index contributed by atoms with van der Waals surface area (Å²) in [5, 5.41) is 0. The number of carbonyl (C=O) groups is 1. The molecule has 0 aromatic rings. The lowest BCUT2D eigenvalue weighted by Crippen LogP contribution is -2.10. The predicted molar refractivity (Wildman–Crippen MR) is 46.9 cm³/mol. The standard InChI is InChI=1S/C4H7NO.C2H7O3P/c1-3(2)4(5)6;1-2-5-6(3)4/h1H2,2H3,(H2,5,6);6H,2H2,1H3,(H,3,4). The van der Waals surface area contributed by atoms with Crippen molar-refractivity contribution < 1.29 is 18.8 Å². The van der Waals surface area contributed by atoms with Crippen molar-refractivity contribution in [2.24, 2.45) is 5.73 Å². The van der Waals surface area contributed by atoms with Gasteiger partial charge in [0.2, 0.25) is 5.91 Å². The Hall–Kier alpha value is -0.640. The topological polar surface area (TPSA) is 89.6 Å². The molecule has 12 heavy (non-hydrogen) atoms. The Morgan fingerprint density at radius 3 is 2.08 bits per heavy atom. The third-order valence-corrected chi connectivity index (χ3v) is 1.22. The van der Waals surface area contributed by atoms with Crippen LogP contribution in [0.15, 0.2) is 12.2 Å². The van der Waals surface area contributed by atoms with Gasteiger partial charge in [0, 0.05) is 5.57 Å². The van der Waals surface area contributed by atoms with Crippen LogP contribution in [0, 0.1) is 0 Å². The molecule has 0 rings (SSSR count). The maximum atomic E-state index is 9.82. The van der Waals surface area contributed by atoms with Crippen LogP contribution in [-0.2, 0) is 13.9 Å². The lowest BCUT2D eigenvalue weighted by Gasteiger charge is -1.86. The number of nitrogens with two attached hydrogens (primary N) is 1. The quantitative estimate of drug-likeness (QED) is 0.505. The van der Waals surface area contributed by atoms with Gasteiger partial charge < -0.3 is 15.2 Å². The van der Waals surface area contributed by atoms with Crippen LogP contribution in [0.2, 0.25) is 0 Å². The molecule has 1 atom stereocenters. The second kappa shape index (κ2) is 8.46. The Balaban J connectivity index is 0. The van der Waals surface area contributed by atoms with Crippen molar-refractivity contribution in [3.63, 3.8) is 0 Å². The van der Waals surface area contributed by atoms with Crippen LogP contribution in [0.25, 0.3) is 0 Å². The van der Waals surface area contributed by atoms with Gasteiger partial charge in [-0.05, 0) is 13.8 Å². The van der Waals surface area contributed by atoms with Crippen molar-refractivity contribution in [1.82, 2.24) is 0 Å². The van der Waals surface area contributed by atoms with E-state index in [1.807, 2.05) is 0 Å². The molecule has 1 amide bonds. The summed E-state index contributed by atoms with van der Waals surface area (Å²) in [6.45, 7) is 6.83. The summed E-state index contributed by atoms with van der Waals surface area (Å²) < 4.78 is 13.7. The number of carbonyl (C=O) groups excluding carboxylic acids is 1. The zero-order chi connectivity index (χ0) is 10.1. The van der Waals surface area contributed by atoms with Crippen LogP contribution in [0.1, 0.15) is 13.8 Å². The van der Waals surface area contributed by atoms with E-state index >= 15 is 0 Å². The largest absolute Gasteiger partial charge is 0.366 e. The monoisotopic (exact) mass is 195 g/mol. The summed E-state index contributed by atoms with van der Waals surface area (Å²) in [5.41, 5.74) is 5.09. The van der Waals surface area contributed by atoms with E-state index in [1.165, 1.54) is 0 Å². The van der Waals surface area contributed by atoms with Gasteiger partial charge in [0.1, 0.15) is 0 Å². The van der Waals surface area contributed by atoms with Crippen molar-refractivity contribution >= 4 is 14.2 Å². The fourth-order valence-corrected chi connectivity index (χ4v) is 0.370. The minimum absolute atomic E-state index is 0.314. The van der Waals surface area contributed by atoms with Crippen LogP contribution in [-0.4, -0.2) is 17.4 Å². The first-order chi connectivity index (χ1) is 5.41. The molecule has 6 heteroatoms. The van der Waals surface area contributed by atoms with Gasteiger partial charge in [-0.3, -0.25) is 9.36 Å². The first-order valence-corrected chi connectivity index (χ1v) is 4.49. The zero-order valence-electron chi connectivity index (χ0n) is 7.16. The maximum absolute atomic E-state index is 9.82. The molecule has 0 heterocycles. The summed E-state index contributed by atoms with van der Waals surface area (Å²) in [6, 6.07) is 0. The first-order valence-electron chi connectivity index (χ1n) is 3.22. The highest BCUT2D eigenvalue weighted by Gasteiger charge is 1.86. The number of primary amides is 1. The lowest BCUT2D eigenvalue weighted by atomic mass is 10.3. The van der Waals surface area contributed by atoms with Gasteiger partial charge in [-0.15, -0.1) is 0 Å². The molecule has 0 radical (unpaired) electrons. The molecule has 0 aliphatic carbocycles. The van der Waals surface area contributed by atoms with Crippen molar-refractivity contribution in [3.8, 4) is 0 Å². The van der Waals surface area contributed by atoms with Gasteiger partial charge in [-0.2, -0.15) is 0 Å². The molecule has 3 N–H and O–H groups in total. The van der Waals surface area contributed by atoms with E-state index in [1.54, 1.807) is 13.8 Å². The normalized spacial score (nSPS) is 10.9. The van der Waals surface area contributed by atoms with E-state index in [0.717, 1.165) is 0 Å². The highest BCUT2D eigenvalue weighted by atomic mass is 31.1. The van der Waals surface area contributed by atoms with Crippen LogP contribution in [0.5, 0.6) is 0 Å². The van der Waals surface area contributed by atoms with Crippen LogP contribution >= 0.6 is 8.25 Å². The van der Waals surface area contributed by atoms with E-state index in [-0.39, 0.29) is 0 Å². The third-order valence-electron chi connectivity index (χ3n) is 0.688. The van der Waals surface area contributed by atoms with Gasteiger partial charge >= 0.3 is 8.25 Å². The first kappa shape index (κ1) is 13.9. The van der Waals surface area contributed by atoms with Gasteiger partial charge in [0.15, 0.2) is 0 Å². The number of rotatable bonds is 3. The molecular formula is C6H14NO4P. The molecule has 0 bridgehead atoms. The highest BCUT2D eigenvalue weighted by Crippen LogP contribution is 2.12. The van der Waals surface area contributed by atoms with E-state index in [9.17, 15) is 9.36 Å². The van der Waals surface area contributed by atoms with Crippen LogP contribution in [0.3, 0.4) is 0 Å². The Kier molecular flexibility index (Phi) is 9.81. The zero-order valence-corrected chi connectivity index (χ0v) is 8.16. The predicted octanol–water partition coefficient (Wildman–Crippen LogP) is 0.453. The van der Waals surface area contributed by atoms with Gasteiger partial charge in [-0.25, -0.2) is 0 Å². The van der Waals surface area contributed by atoms with E-state index in [0.29, 0.717) is 12.2 Å². The Morgan fingerprint density at radius 1 is 1.75 bits per heavy atom. The van der Waals surface area contributed by atoms with E-state index in [2.05, 4.69) is 11.1 Å². The Labute approximate surface area is 72.2 Å². The van der Waals surface area contributed by atoms with E-state index in [4.69, 9.17) is 10.6 Å². The summed E-state index contributed by atoms with van der Waals surface area (Å²) in [7, 11) is -2.64. The maximum Gasteiger partial charge on any atom is 0.316 e. The van der Waals surface area contributed by atoms with E-state index < -0.39 is 14.2 Å². The molecule has 0 saturated heterocycles. The molecular weight excluding hydrogens is 181 g/mol. The Morgan fingerprint density at radius 2 is 2.08 bits per heavy atom. The van der Waals surface area contributed by atoms with Crippen molar-refractivity contribution in [3.05, 3.63) is 12.2 Å². The van der Waals surface area contributed by atoms with Crippen molar-refractivity contribution in [2.45, 2.75) is 13.8 Å². The smallest absolute Gasteiger partial charge is 0.316 e. The average molecular weight is 195 g/mol. The third kappa shape index (κ3) is 16.2. The summed E-state index contributed by atoms with van der Waals surface area (Å²) in [6.07, 6.45) is 0. The molecule has 0 aliphatic heterocycles. The fraction of sp³-hybridized carbons (Fsp3) is 0.500. The lowest BCUT2D eigenvalue weighted by molar-refractivity contribution is -0.114. The molecule has 0 fully saturated rings. The number of hydrogen-bond donors (Lipinski definition) is 2. The molecule has 0 spiro atoms. The average Bonchev–Trinajstić information content (AvgIpc) is 1.87. The molecule has 1 unspecified atom stereocenters. The summed E-state index contributed by atoms with van der Waals surface area (Å²) in [4.78, 5) is 17.7. The fourth-order valence-electron chi connectivity index (χ4n) is 0.123. The molecule has 0 aliphatic rings. The second-order valence-electron chi connectivity index (χ2n) is 1.84. The molecule has 5 nitrogen and oxygen atoms in total. The summed E-state index contributed by atoms with van der Waals surface area (Å²) >= 11 is 0. The molecule has 0 aromatic carbocycles. The minimum Gasteiger partial charge on any atom is -0.366 e. The molecule has 72 valence electrons. The van der Waals surface area contributed by atoms with Crippen LogP contribution in [0.4, 0.5) is 0 Å². The van der Waals surface area contributed by atoms with Gasteiger partial charge in [0.05, 0.1) is 6.61 Å². The SMILES string of the molecule is C=C(C)C(N)=O.CCO[PH](=O)O. The minimum atomic E-state index is -2.64. The van der Waals surface area contributed by atoms with Gasteiger partial charge in [-0.1, -0.05) is 6.58 Å².